The van der Waals surface area contributed by atoms with E-state index in [1.165, 1.54) is 43.5 Å². The van der Waals surface area contributed by atoms with Gasteiger partial charge in [-0.1, -0.05) is 12.1 Å². The molecule has 0 aliphatic rings. The van der Waals surface area contributed by atoms with Gasteiger partial charge in [-0.15, -0.1) is 0 Å². The van der Waals surface area contributed by atoms with Crippen LogP contribution in [0.25, 0.3) is 6.08 Å². The smallest absolute Gasteiger partial charge is 0.189 e. The first-order valence-electron chi connectivity index (χ1n) is 6.13. The highest BCUT2D eigenvalue weighted by molar-refractivity contribution is 6.08. The summed E-state index contributed by atoms with van der Waals surface area (Å²) in [5.41, 5.74) is 0.419. The minimum absolute atomic E-state index is 0.117. The number of para-hydroxylation sites is 1. The molecule has 108 valence electrons. The Labute approximate surface area is 121 Å². The van der Waals surface area contributed by atoms with Crippen LogP contribution in [0.15, 0.2) is 42.5 Å². The number of methoxy groups -OCH3 is 1. The van der Waals surface area contributed by atoms with Crippen molar-refractivity contribution in [1.82, 2.24) is 0 Å². The van der Waals surface area contributed by atoms with E-state index < -0.39 is 5.78 Å². The summed E-state index contributed by atoms with van der Waals surface area (Å²) in [5, 5.41) is 29.0. The van der Waals surface area contributed by atoms with Gasteiger partial charge in [-0.05, 0) is 30.4 Å². The fourth-order valence-corrected chi connectivity index (χ4v) is 1.81. The highest BCUT2D eigenvalue weighted by atomic mass is 16.5. The van der Waals surface area contributed by atoms with Crippen molar-refractivity contribution in [3.63, 3.8) is 0 Å². The topological polar surface area (TPSA) is 87.0 Å². The lowest BCUT2D eigenvalue weighted by atomic mass is 10.1. The SMILES string of the molecule is COc1cc(O)c(C=CC(=O)c2ccccc2O)cc1O. The molecule has 0 unspecified atom stereocenters. The van der Waals surface area contributed by atoms with Gasteiger partial charge in [0.2, 0.25) is 0 Å². The van der Waals surface area contributed by atoms with Crippen LogP contribution in [0.3, 0.4) is 0 Å². The number of benzene rings is 2. The molecule has 0 fully saturated rings. The zero-order chi connectivity index (χ0) is 15.4. The first-order chi connectivity index (χ1) is 10.0. The van der Waals surface area contributed by atoms with Gasteiger partial charge >= 0.3 is 0 Å². The van der Waals surface area contributed by atoms with E-state index in [1.54, 1.807) is 12.1 Å². The van der Waals surface area contributed by atoms with Crippen LogP contribution in [0.4, 0.5) is 0 Å². The second-order valence-electron chi connectivity index (χ2n) is 4.30. The molecule has 21 heavy (non-hydrogen) atoms. The van der Waals surface area contributed by atoms with Crippen molar-refractivity contribution in [3.05, 3.63) is 53.6 Å². The molecule has 2 rings (SSSR count). The number of phenolic OH excluding ortho intramolecular Hbond substituents is 3. The zero-order valence-electron chi connectivity index (χ0n) is 11.3. The molecule has 5 nitrogen and oxygen atoms in total. The van der Waals surface area contributed by atoms with Crippen molar-refractivity contribution in [3.8, 4) is 23.0 Å². The van der Waals surface area contributed by atoms with Gasteiger partial charge in [0.15, 0.2) is 17.3 Å². The van der Waals surface area contributed by atoms with Crippen LogP contribution in [-0.2, 0) is 0 Å². The third kappa shape index (κ3) is 3.14. The van der Waals surface area contributed by atoms with E-state index in [1.807, 2.05) is 0 Å². The lowest BCUT2D eigenvalue weighted by Crippen LogP contribution is -1.94. The minimum atomic E-state index is -0.414. The average Bonchev–Trinajstić information content (AvgIpc) is 2.47. The highest BCUT2D eigenvalue weighted by Crippen LogP contribution is 2.33. The number of carbonyl (C=O) groups excluding carboxylic acids is 1. The van der Waals surface area contributed by atoms with E-state index in [4.69, 9.17) is 4.74 Å². The largest absolute Gasteiger partial charge is 0.507 e. The maximum absolute atomic E-state index is 11.9. The summed E-state index contributed by atoms with van der Waals surface area (Å²) in [4.78, 5) is 11.9. The van der Waals surface area contributed by atoms with Crippen LogP contribution >= 0.6 is 0 Å². The van der Waals surface area contributed by atoms with Crippen molar-refractivity contribution < 1.29 is 24.9 Å². The summed E-state index contributed by atoms with van der Waals surface area (Å²) in [5.74, 6) is -0.677. The average molecular weight is 286 g/mol. The molecule has 0 amide bonds. The third-order valence-corrected chi connectivity index (χ3v) is 2.91. The Bertz CT molecular complexity index is 704. The Morgan fingerprint density at radius 1 is 1.05 bits per heavy atom. The van der Waals surface area contributed by atoms with E-state index in [2.05, 4.69) is 0 Å². The summed E-state index contributed by atoms with van der Waals surface area (Å²) in [6.07, 6.45) is 2.55. The Morgan fingerprint density at radius 2 is 1.76 bits per heavy atom. The van der Waals surface area contributed by atoms with Crippen LogP contribution in [0.2, 0.25) is 0 Å². The predicted molar refractivity (Wildman–Crippen MR) is 77.8 cm³/mol. The predicted octanol–water partition coefficient (Wildman–Crippen LogP) is 2.71. The van der Waals surface area contributed by atoms with Crippen LogP contribution in [-0.4, -0.2) is 28.2 Å². The normalized spacial score (nSPS) is 10.7. The molecule has 0 bridgehead atoms. The molecule has 0 heterocycles. The maximum Gasteiger partial charge on any atom is 0.189 e. The number of ether oxygens (including phenoxy) is 1. The molecule has 0 spiro atoms. The summed E-state index contributed by atoms with van der Waals surface area (Å²) in [7, 11) is 1.37. The van der Waals surface area contributed by atoms with Gasteiger partial charge < -0.3 is 20.1 Å². The second kappa shape index (κ2) is 6.00. The second-order valence-corrected chi connectivity index (χ2v) is 4.30. The minimum Gasteiger partial charge on any atom is -0.507 e. The quantitative estimate of drug-likeness (QED) is 0.457. The molecule has 3 N–H and O–H groups in total. The first-order valence-corrected chi connectivity index (χ1v) is 6.13. The van der Waals surface area contributed by atoms with Crippen molar-refractivity contribution in [1.29, 1.82) is 0 Å². The van der Waals surface area contributed by atoms with Gasteiger partial charge in [-0.2, -0.15) is 0 Å². The zero-order valence-corrected chi connectivity index (χ0v) is 11.3. The van der Waals surface area contributed by atoms with Gasteiger partial charge in [-0.25, -0.2) is 0 Å². The molecule has 0 radical (unpaired) electrons. The van der Waals surface area contributed by atoms with Crippen LogP contribution < -0.4 is 4.74 Å². The van der Waals surface area contributed by atoms with Crippen molar-refractivity contribution in [2.75, 3.05) is 7.11 Å². The number of hydrogen-bond acceptors (Lipinski definition) is 5. The molecule has 0 atom stereocenters. The number of carbonyl (C=O) groups is 1. The van der Waals surface area contributed by atoms with Gasteiger partial charge in [0.25, 0.3) is 0 Å². The molecule has 0 saturated heterocycles. The van der Waals surface area contributed by atoms with E-state index in [-0.39, 0.29) is 34.1 Å². The summed E-state index contributed by atoms with van der Waals surface area (Å²) < 4.78 is 4.86. The molecule has 0 aromatic heterocycles. The Kier molecular flexibility index (Phi) is 4.13. The fourth-order valence-electron chi connectivity index (χ4n) is 1.81. The molecule has 5 heteroatoms. The Balaban J connectivity index is 2.28. The number of ketones is 1. The van der Waals surface area contributed by atoms with Gasteiger partial charge in [0, 0.05) is 11.6 Å². The number of aromatic hydroxyl groups is 3. The molecule has 2 aromatic rings. The standard InChI is InChI=1S/C16H14O5/c1-21-16-9-14(19)10(8-15(16)20)6-7-13(18)11-4-2-3-5-12(11)17/h2-9,17,19-20H,1H3. The van der Waals surface area contributed by atoms with Gasteiger partial charge in [0.1, 0.15) is 11.5 Å². The van der Waals surface area contributed by atoms with E-state index >= 15 is 0 Å². The number of allylic oxidation sites excluding steroid dienone is 1. The summed E-state index contributed by atoms with van der Waals surface area (Å²) in [6, 6.07) is 8.69. The number of hydrogen-bond donors (Lipinski definition) is 3. The summed E-state index contributed by atoms with van der Waals surface area (Å²) in [6.45, 7) is 0. The van der Waals surface area contributed by atoms with Crippen LogP contribution in [0.5, 0.6) is 23.0 Å². The van der Waals surface area contributed by atoms with E-state index in [0.29, 0.717) is 0 Å². The Morgan fingerprint density at radius 3 is 2.43 bits per heavy atom. The molecular weight excluding hydrogens is 272 g/mol. The monoisotopic (exact) mass is 286 g/mol. The first kappa shape index (κ1) is 14.5. The molecule has 2 aromatic carbocycles. The van der Waals surface area contributed by atoms with Crippen LogP contribution in [0, 0.1) is 0 Å². The van der Waals surface area contributed by atoms with Gasteiger partial charge in [0.05, 0.1) is 12.7 Å². The van der Waals surface area contributed by atoms with E-state index in [0.717, 1.165) is 0 Å². The summed E-state index contributed by atoms with van der Waals surface area (Å²) >= 11 is 0. The number of phenols is 3. The van der Waals surface area contributed by atoms with E-state index in [9.17, 15) is 20.1 Å². The van der Waals surface area contributed by atoms with Crippen LogP contribution in [0.1, 0.15) is 15.9 Å². The third-order valence-electron chi connectivity index (χ3n) is 2.91. The fraction of sp³-hybridized carbons (Fsp3) is 0.0625. The maximum atomic E-state index is 11.9. The molecule has 0 aliphatic heterocycles. The molecule has 0 aliphatic carbocycles. The van der Waals surface area contributed by atoms with Crippen molar-refractivity contribution in [2.24, 2.45) is 0 Å². The highest BCUT2D eigenvalue weighted by Gasteiger charge is 2.09. The lowest BCUT2D eigenvalue weighted by Gasteiger charge is -2.06. The molecule has 0 saturated carbocycles. The Hall–Kier alpha value is -2.95. The molecular formula is C16H14O5. The lowest BCUT2D eigenvalue weighted by molar-refractivity contribution is 0.104. The van der Waals surface area contributed by atoms with Crippen molar-refractivity contribution in [2.45, 2.75) is 0 Å². The van der Waals surface area contributed by atoms with Crippen molar-refractivity contribution >= 4 is 11.9 Å². The van der Waals surface area contributed by atoms with Gasteiger partial charge in [-0.3, -0.25) is 4.79 Å². The number of rotatable bonds is 4.